The van der Waals surface area contributed by atoms with Crippen LogP contribution in [0.25, 0.3) is 0 Å². The van der Waals surface area contributed by atoms with Crippen molar-refractivity contribution >= 4 is 18.3 Å². The van der Waals surface area contributed by atoms with E-state index >= 15 is 0 Å². The first-order valence-corrected chi connectivity index (χ1v) is 6.42. The van der Waals surface area contributed by atoms with Crippen LogP contribution in [0.3, 0.4) is 0 Å². The minimum absolute atomic E-state index is 0. The van der Waals surface area contributed by atoms with E-state index in [1.165, 1.54) is 0 Å². The molecule has 0 aliphatic carbocycles. The molecule has 1 aliphatic rings. The number of hydrogen-bond acceptors (Lipinski definition) is 3. The minimum atomic E-state index is -0.187. The fourth-order valence-electron chi connectivity index (χ4n) is 2.12. The third-order valence-electron chi connectivity index (χ3n) is 3.67. The van der Waals surface area contributed by atoms with E-state index in [4.69, 9.17) is 4.74 Å². The second-order valence-corrected chi connectivity index (χ2v) is 5.78. The quantitative estimate of drug-likeness (QED) is 0.776. The molecule has 0 aromatic heterocycles. The fraction of sp³-hybridized carbons (Fsp3) is 0.923. The topological polar surface area (TPSA) is 50.4 Å². The van der Waals surface area contributed by atoms with Gasteiger partial charge in [0.15, 0.2) is 0 Å². The molecular formula is C13H27ClN2O2. The Morgan fingerprint density at radius 2 is 2.00 bits per heavy atom. The van der Waals surface area contributed by atoms with Crippen molar-refractivity contribution < 1.29 is 9.53 Å². The van der Waals surface area contributed by atoms with Gasteiger partial charge in [0.1, 0.15) is 0 Å². The number of ether oxygens (including phenoxy) is 1. The van der Waals surface area contributed by atoms with Gasteiger partial charge in [0.25, 0.3) is 0 Å². The molecule has 1 aliphatic heterocycles. The average Bonchev–Trinajstić information content (AvgIpc) is 2.13. The maximum Gasteiger partial charge on any atom is 0.223 e. The van der Waals surface area contributed by atoms with Crippen molar-refractivity contribution in [2.24, 2.45) is 11.8 Å². The van der Waals surface area contributed by atoms with Gasteiger partial charge < -0.3 is 15.4 Å². The molecule has 0 spiro atoms. The Hall–Kier alpha value is -0.320. The number of hydrogen-bond donors (Lipinski definition) is 2. The van der Waals surface area contributed by atoms with Gasteiger partial charge in [0.2, 0.25) is 5.91 Å². The summed E-state index contributed by atoms with van der Waals surface area (Å²) in [5.74, 6) is 0.762. The van der Waals surface area contributed by atoms with Crippen LogP contribution in [0.4, 0.5) is 0 Å². The SMILES string of the molecule is COC(C)(C)CC(C)NC(=O)C(C)C1CNC1.Cl. The van der Waals surface area contributed by atoms with E-state index in [0.29, 0.717) is 5.92 Å². The molecule has 4 nitrogen and oxygen atoms in total. The summed E-state index contributed by atoms with van der Waals surface area (Å²) in [5.41, 5.74) is -0.187. The van der Waals surface area contributed by atoms with Crippen molar-refractivity contribution in [3.05, 3.63) is 0 Å². The van der Waals surface area contributed by atoms with Crippen molar-refractivity contribution in [3.63, 3.8) is 0 Å². The van der Waals surface area contributed by atoms with Crippen molar-refractivity contribution in [3.8, 4) is 0 Å². The predicted octanol–water partition coefficient (Wildman–Crippen LogP) is 1.58. The molecule has 108 valence electrons. The molecule has 2 N–H and O–H groups in total. The number of nitrogens with one attached hydrogen (secondary N) is 2. The Labute approximate surface area is 117 Å². The first-order chi connectivity index (χ1) is 7.85. The maximum atomic E-state index is 12.0. The smallest absolute Gasteiger partial charge is 0.223 e. The Bertz CT molecular complexity index is 268. The number of rotatable bonds is 6. The summed E-state index contributed by atoms with van der Waals surface area (Å²) >= 11 is 0. The normalized spacial score (nSPS) is 19.4. The van der Waals surface area contributed by atoms with Crippen LogP contribution in [-0.2, 0) is 9.53 Å². The van der Waals surface area contributed by atoms with E-state index in [1.54, 1.807) is 7.11 Å². The van der Waals surface area contributed by atoms with Crippen LogP contribution in [0.2, 0.25) is 0 Å². The van der Waals surface area contributed by atoms with E-state index in [2.05, 4.69) is 10.6 Å². The Kier molecular flexibility index (Phi) is 7.18. The first-order valence-electron chi connectivity index (χ1n) is 6.42. The molecule has 0 aromatic carbocycles. The average molecular weight is 279 g/mol. The summed E-state index contributed by atoms with van der Waals surface area (Å²) < 4.78 is 5.37. The largest absolute Gasteiger partial charge is 0.379 e. The van der Waals surface area contributed by atoms with Crippen LogP contribution < -0.4 is 10.6 Å². The van der Waals surface area contributed by atoms with Crippen molar-refractivity contribution in [1.29, 1.82) is 0 Å². The molecular weight excluding hydrogens is 252 g/mol. The van der Waals surface area contributed by atoms with Crippen molar-refractivity contribution in [2.75, 3.05) is 20.2 Å². The number of carbonyl (C=O) groups excluding carboxylic acids is 1. The highest BCUT2D eigenvalue weighted by Crippen LogP contribution is 2.18. The molecule has 0 aromatic rings. The first kappa shape index (κ1) is 17.7. The molecule has 2 unspecified atom stereocenters. The number of amides is 1. The molecule has 5 heteroatoms. The highest BCUT2D eigenvalue weighted by molar-refractivity contribution is 5.85. The van der Waals surface area contributed by atoms with Gasteiger partial charge in [-0.2, -0.15) is 0 Å². The molecule has 0 bridgehead atoms. The fourth-order valence-corrected chi connectivity index (χ4v) is 2.12. The summed E-state index contributed by atoms with van der Waals surface area (Å²) in [6, 6.07) is 0.146. The lowest BCUT2D eigenvalue weighted by atomic mass is 9.88. The monoisotopic (exact) mass is 278 g/mol. The molecule has 0 saturated carbocycles. The molecule has 18 heavy (non-hydrogen) atoms. The molecule has 1 heterocycles. The maximum absolute atomic E-state index is 12.0. The number of halogens is 1. The third-order valence-corrected chi connectivity index (χ3v) is 3.67. The lowest BCUT2D eigenvalue weighted by molar-refractivity contribution is -0.127. The van der Waals surface area contributed by atoms with Crippen LogP contribution in [-0.4, -0.2) is 37.7 Å². The third kappa shape index (κ3) is 5.12. The van der Waals surface area contributed by atoms with Gasteiger partial charge in [0.05, 0.1) is 5.60 Å². The van der Waals surface area contributed by atoms with Gasteiger partial charge in [-0.3, -0.25) is 4.79 Å². The zero-order valence-corrected chi connectivity index (χ0v) is 12.9. The van der Waals surface area contributed by atoms with Crippen molar-refractivity contribution in [2.45, 2.75) is 45.8 Å². The van der Waals surface area contributed by atoms with E-state index in [9.17, 15) is 4.79 Å². The molecule has 1 amide bonds. The summed E-state index contributed by atoms with van der Waals surface area (Å²) in [4.78, 5) is 12.0. The Morgan fingerprint density at radius 3 is 2.39 bits per heavy atom. The summed E-state index contributed by atoms with van der Waals surface area (Å²) in [5, 5.41) is 6.27. The van der Waals surface area contributed by atoms with E-state index in [-0.39, 0.29) is 35.9 Å². The van der Waals surface area contributed by atoms with E-state index in [0.717, 1.165) is 19.5 Å². The summed E-state index contributed by atoms with van der Waals surface area (Å²) in [6.07, 6.45) is 0.824. The van der Waals surface area contributed by atoms with Gasteiger partial charge in [-0.25, -0.2) is 0 Å². The van der Waals surface area contributed by atoms with Crippen LogP contribution in [0.1, 0.15) is 34.1 Å². The number of carbonyl (C=O) groups is 1. The zero-order chi connectivity index (χ0) is 13.1. The lowest BCUT2D eigenvalue weighted by Crippen LogP contribution is -2.51. The van der Waals surface area contributed by atoms with Crippen LogP contribution in [0.15, 0.2) is 0 Å². The summed E-state index contributed by atoms with van der Waals surface area (Å²) in [7, 11) is 1.71. The van der Waals surface area contributed by atoms with Crippen molar-refractivity contribution in [1.82, 2.24) is 10.6 Å². The molecule has 1 fully saturated rings. The molecule has 1 rings (SSSR count). The van der Waals surface area contributed by atoms with E-state index in [1.807, 2.05) is 27.7 Å². The van der Waals surface area contributed by atoms with Crippen LogP contribution >= 0.6 is 12.4 Å². The Morgan fingerprint density at radius 1 is 1.44 bits per heavy atom. The highest BCUT2D eigenvalue weighted by atomic mass is 35.5. The van der Waals surface area contributed by atoms with Gasteiger partial charge in [-0.05, 0) is 46.2 Å². The standard InChI is InChI=1S/C13H26N2O2.ClH/c1-9(6-13(3,4)17-5)15-12(16)10(2)11-7-14-8-11;/h9-11,14H,6-8H2,1-5H3,(H,15,16);1H. The number of methoxy groups -OCH3 is 1. The van der Waals surface area contributed by atoms with Gasteiger partial charge in [-0.15, -0.1) is 12.4 Å². The van der Waals surface area contributed by atoms with Gasteiger partial charge in [-0.1, -0.05) is 6.92 Å². The highest BCUT2D eigenvalue weighted by Gasteiger charge is 2.30. The summed E-state index contributed by atoms with van der Waals surface area (Å²) in [6.45, 7) is 10.0. The molecule has 1 saturated heterocycles. The van der Waals surface area contributed by atoms with Crippen LogP contribution in [0, 0.1) is 11.8 Å². The molecule has 2 atom stereocenters. The van der Waals surface area contributed by atoms with E-state index < -0.39 is 0 Å². The predicted molar refractivity (Wildman–Crippen MR) is 76.1 cm³/mol. The molecule has 0 radical (unpaired) electrons. The lowest BCUT2D eigenvalue weighted by Gasteiger charge is -2.33. The second-order valence-electron chi connectivity index (χ2n) is 5.78. The van der Waals surface area contributed by atoms with Crippen LogP contribution in [0.5, 0.6) is 0 Å². The second kappa shape index (κ2) is 7.31. The minimum Gasteiger partial charge on any atom is -0.379 e. The van der Waals surface area contributed by atoms with Gasteiger partial charge >= 0.3 is 0 Å². The zero-order valence-electron chi connectivity index (χ0n) is 12.1. The Balaban J connectivity index is 0.00000289. The van der Waals surface area contributed by atoms with Gasteiger partial charge in [0, 0.05) is 19.1 Å².